The van der Waals surface area contributed by atoms with Crippen molar-refractivity contribution in [2.75, 3.05) is 18.9 Å². The molecule has 4 aromatic carbocycles. The smallest absolute Gasteiger partial charge is 0.259 e. The van der Waals surface area contributed by atoms with Crippen LogP contribution in [0.1, 0.15) is 23.5 Å². The van der Waals surface area contributed by atoms with Gasteiger partial charge in [-0.3, -0.25) is 14.5 Å². The maximum absolute atomic E-state index is 13.6. The normalized spacial score (nSPS) is 18.9. The van der Waals surface area contributed by atoms with E-state index < -0.39 is 17.5 Å². The van der Waals surface area contributed by atoms with E-state index >= 15 is 0 Å². The van der Waals surface area contributed by atoms with Crippen molar-refractivity contribution in [2.24, 2.45) is 5.73 Å². The minimum atomic E-state index is -1.48. The summed E-state index contributed by atoms with van der Waals surface area (Å²) in [6.45, 7) is 0.687. The Labute approximate surface area is 237 Å². The molecule has 2 heterocycles. The van der Waals surface area contributed by atoms with Crippen LogP contribution in [-0.2, 0) is 16.1 Å². The van der Waals surface area contributed by atoms with Crippen molar-refractivity contribution >= 4 is 39.2 Å². The molecule has 2 amide bonds. The van der Waals surface area contributed by atoms with Crippen LogP contribution in [0.15, 0.2) is 103 Å². The SMILES string of the molecule is NC(=O)[C@]1(NC(=O)COc2ccccc2)C(c2cccc3ccccc23)CCN1Cc1ccc2c(N)nccc2c1. The number of nitrogens with two attached hydrogens (primary N) is 2. The van der Waals surface area contributed by atoms with Crippen LogP contribution in [0.5, 0.6) is 5.75 Å². The molecule has 6 rings (SSSR count). The molecule has 0 saturated carbocycles. The number of anilines is 1. The summed E-state index contributed by atoms with van der Waals surface area (Å²) in [5.41, 5.74) is 12.8. The van der Waals surface area contributed by atoms with Gasteiger partial charge < -0.3 is 21.5 Å². The van der Waals surface area contributed by atoms with Gasteiger partial charge in [-0.1, -0.05) is 72.8 Å². The number of nitrogens with zero attached hydrogens (tertiary/aromatic N) is 2. The lowest BCUT2D eigenvalue weighted by molar-refractivity contribution is -0.140. The van der Waals surface area contributed by atoms with Crippen LogP contribution in [-0.4, -0.2) is 40.5 Å². The number of carbonyl (C=O) groups is 2. The number of pyridine rings is 1. The van der Waals surface area contributed by atoms with Crippen molar-refractivity contribution in [3.8, 4) is 5.75 Å². The lowest BCUT2D eigenvalue weighted by Gasteiger charge is -2.41. The lowest BCUT2D eigenvalue weighted by Crippen LogP contribution is -2.67. The van der Waals surface area contributed by atoms with Crippen molar-refractivity contribution in [2.45, 2.75) is 24.5 Å². The largest absolute Gasteiger partial charge is 0.484 e. The zero-order valence-corrected chi connectivity index (χ0v) is 22.5. The number of amides is 2. The molecule has 41 heavy (non-hydrogen) atoms. The number of hydrogen-bond donors (Lipinski definition) is 3. The van der Waals surface area contributed by atoms with Gasteiger partial charge in [-0.15, -0.1) is 0 Å². The Morgan fingerprint density at radius 2 is 1.71 bits per heavy atom. The Morgan fingerprint density at radius 3 is 2.54 bits per heavy atom. The van der Waals surface area contributed by atoms with Gasteiger partial charge in [-0.25, -0.2) is 4.98 Å². The van der Waals surface area contributed by atoms with Gasteiger partial charge in [0.25, 0.3) is 11.8 Å². The van der Waals surface area contributed by atoms with E-state index in [4.69, 9.17) is 16.2 Å². The van der Waals surface area contributed by atoms with E-state index in [1.807, 2.05) is 89.8 Å². The van der Waals surface area contributed by atoms with Gasteiger partial charge in [0.1, 0.15) is 11.6 Å². The fourth-order valence-electron chi connectivity index (χ4n) is 6.07. The number of nitrogen functional groups attached to an aromatic ring is 1. The molecule has 5 aromatic rings. The van der Waals surface area contributed by atoms with Crippen molar-refractivity contribution in [3.05, 3.63) is 114 Å². The minimum Gasteiger partial charge on any atom is -0.484 e. The van der Waals surface area contributed by atoms with Crippen LogP contribution < -0.4 is 21.5 Å². The monoisotopic (exact) mass is 545 g/mol. The van der Waals surface area contributed by atoms with E-state index in [0.29, 0.717) is 31.1 Å². The molecular formula is C33H31N5O3. The highest BCUT2D eigenvalue weighted by Crippen LogP contribution is 2.44. The molecule has 8 heteroatoms. The predicted octanol–water partition coefficient (Wildman–Crippen LogP) is 4.34. The van der Waals surface area contributed by atoms with Crippen LogP contribution in [0.25, 0.3) is 21.5 Å². The number of nitrogens with one attached hydrogen (secondary N) is 1. The maximum Gasteiger partial charge on any atom is 0.259 e. The minimum absolute atomic E-state index is 0.253. The van der Waals surface area contributed by atoms with E-state index in [0.717, 1.165) is 32.7 Å². The number of likely N-dealkylation sites (tertiary alicyclic amines) is 1. The summed E-state index contributed by atoms with van der Waals surface area (Å²) in [6, 6.07) is 31.0. The molecule has 8 nitrogen and oxygen atoms in total. The number of benzene rings is 4. The molecule has 0 radical (unpaired) electrons. The fraction of sp³-hybridized carbons (Fsp3) is 0.182. The van der Waals surface area contributed by atoms with Gasteiger partial charge in [0.05, 0.1) is 0 Å². The molecule has 2 atom stereocenters. The Hall–Kier alpha value is -4.95. The van der Waals surface area contributed by atoms with Crippen molar-refractivity contribution < 1.29 is 14.3 Å². The van der Waals surface area contributed by atoms with E-state index in [1.54, 1.807) is 18.3 Å². The van der Waals surface area contributed by atoms with Gasteiger partial charge in [0.15, 0.2) is 12.3 Å². The van der Waals surface area contributed by atoms with Crippen molar-refractivity contribution in [1.29, 1.82) is 0 Å². The van der Waals surface area contributed by atoms with E-state index in [9.17, 15) is 9.59 Å². The fourth-order valence-corrected chi connectivity index (χ4v) is 6.07. The Balaban J connectivity index is 1.39. The van der Waals surface area contributed by atoms with Crippen LogP contribution in [0.4, 0.5) is 5.82 Å². The first kappa shape index (κ1) is 26.3. The molecule has 5 N–H and O–H groups in total. The van der Waals surface area contributed by atoms with Crippen molar-refractivity contribution in [3.63, 3.8) is 0 Å². The predicted molar refractivity (Wildman–Crippen MR) is 160 cm³/mol. The third-order valence-corrected chi connectivity index (χ3v) is 7.94. The first-order valence-corrected chi connectivity index (χ1v) is 13.6. The molecule has 1 unspecified atom stereocenters. The highest BCUT2D eigenvalue weighted by Gasteiger charge is 2.55. The number of rotatable bonds is 8. The second kappa shape index (κ2) is 10.9. The Kier molecular flexibility index (Phi) is 6.99. The molecular weight excluding hydrogens is 514 g/mol. The zero-order chi connectivity index (χ0) is 28.4. The Bertz CT molecular complexity index is 1740. The number of primary amides is 1. The molecule has 1 aliphatic heterocycles. The van der Waals surface area contributed by atoms with E-state index in [1.165, 1.54) is 0 Å². The molecule has 206 valence electrons. The molecule has 1 fully saturated rings. The number of carbonyl (C=O) groups excluding carboxylic acids is 2. The van der Waals surface area contributed by atoms with Crippen LogP contribution in [0, 0.1) is 0 Å². The van der Waals surface area contributed by atoms with Gasteiger partial charge >= 0.3 is 0 Å². The first-order valence-electron chi connectivity index (χ1n) is 13.6. The van der Waals surface area contributed by atoms with Gasteiger partial charge in [-0.2, -0.15) is 0 Å². The summed E-state index contributed by atoms with van der Waals surface area (Å²) >= 11 is 0. The van der Waals surface area contributed by atoms with Gasteiger partial charge in [-0.05, 0) is 58.0 Å². The second-order valence-electron chi connectivity index (χ2n) is 10.4. The first-order chi connectivity index (χ1) is 20.0. The van der Waals surface area contributed by atoms with E-state index in [2.05, 4.69) is 10.3 Å². The standard InChI is InChI=1S/C33H31N5O3/c34-31-27-14-13-22(19-24(27)15-17-36-31)20-38-18-16-29(28-12-6-8-23-7-4-5-11-26(23)28)33(38,32(35)40)37-30(39)21-41-25-9-2-1-3-10-25/h1-15,17,19,29H,16,18,20-21H2,(H2,34,36)(H2,35,40)(H,37,39)/t29?,33-/m0/s1. The van der Waals surface area contributed by atoms with Gasteiger partial charge in [0, 0.05) is 30.6 Å². The highest BCUT2D eigenvalue weighted by atomic mass is 16.5. The quantitative estimate of drug-likeness (QED) is 0.267. The molecule has 0 spiro atoms. The summed E-state index contributed by atoms with van der Waals surface area (Å²) in [7, 11) is 0. The third kappa shape index (κ3) is 4.94. The molecule has 1 aliphatic rings. The summed E-state index contributed by atoms with van der Waals surface area (Å²) in [4.78, 5) is 33.2. The summed E-state index contributed by atoms with van der Waals surface area (Å²) in [5, 5.41) is 6.94. The Morgan fingerprint density at radius 1 is 0.927 bits per heavy atom. The highest BCUT2D eigenvalue weighted by molar-refractivity contribution is 5.94. The second-order valence-corrected chi connectivity index (χ2v) is 10.4. The molecule has 0 aliphatic carbocycles. The average molecular weight is 546 g/mol. The maximum atomic E-state index is 13.6. The number of fused-ring (bicyclic) bond motifs is 2. The lowest BCUT2D eigenvalue weighted by atomic mass is 9.82. The number of hydrogen-bond acceptors (Lipinski definition) is 6. The molecule has 1 saturated heterocycles. The van der Waals surface area contributed by atoms with E-state index in [-0.39, 0.29) is 12.5 Å². The summed E-state index contributed by atoms with van der Waals surface area (Å²) in [6.07, 6.45) is 2.30. The zero-order valence-electron chi connectivity index (χ0n) is 22.5. The topological polar surface area (TPSA) is 124 Å². The summed E-state index contributed by atoms with van der Waals surface area (Å²) < 4.78 is 5.73. The number of ether oxygens (including phenoxy) is 1. The third-order valence-electron chi connectivity index (χ3n) is 7.94. The van der Waals surface area contributed by atoms with Crippen LogP contribution >= 0.6 is 0 Å². The van der Waals surface area contributed by atoms with Crippen LogP contribution in [0.3, 0.4) is 0 Å². The average Bonchev–Trinajstić information content (AvgIpc) is 3.34. The summed E-state index contributed by atoms with van der Waals surface area (Å²) in [5.74, 6) is -0.401. The molecule has 0 bridgehead atoms. The van der Waals surface area contributed by atoms with Crippen molar-refractivity contribution in [1.82, 2.24) is 15.2 Å². The van der Waals surface area contributed by atoms with Crippen LogP contribution in [0.2, 0.25) is 0 Å². The number of para-hydroxylation sites is 1. The van der Waals surface area contributed by atoms with Gasteiger partial charge in [0.2, 0.25) is 0 Å². The molecule has 1 aromatic heterocycles. The number of aromatic nitrogens is 1.